The van der Waals surface area contributed by atoms with E-state index in [2.05, 4.69) is 57.2 Å². The van der Waals surface area contributed by atoms with Crippen LogP contribution in [0.25, 0.3) is 5.69 Å². The fourth-order valence-electron chi connectivity index (χ4n) is 6.13. The van der Waals surface area contributed by atoms with E-state index in [1.54, 1.807) is 23.0 Å². The molecular formula is C38H50N8O2. The number of hydrogen-bond acceptors (Lipinski definition) is 6. The quantitative estimate of drug-likeness (QED) is 0.128. The zero-order chi connectivity index (χ0) is 34.6. The van der Waals surface area contributed by atoms with Crippen LogP contribution >= 0.6 is 0 Å². The maximum Gasteiger partial charge on any atom is 0.320 e. The third kappa shape index (κ3) is 8.05. The number of rotatable bonds is 6. The highest BCUT2D eigenvalue weighted by Gasteiger charge is 2.30. The molecule has 1 fully saturated rings. The van der Waals surface area contributed by atoms with E-state index in [0.717, 1.165) is 34.4 Å². The SMILES string of the molecule is CN1CCCC1(C)C.Cc1ccc(-n2nc(C(C)(C)C)cc2NC(=O)N[C@H]2CC[C@@H](Oc3ccc(=N)n(C=N)c3)c3ccccc32)cc1. The van der Waals surface area contributed by atoms with Gasteiger partial charge in [0.15, 0.2) is 0 Å². The van der Waals surface area contributed by atoms with Crippen molar-refractivity contribution in [2.24, 2.45) is 0 Å². The number of carbonyl (C=O) groups excluding carboxylic acids is 1. The number of aryl methyl sites for hydroxylation is 1. The standard InChI is InChI=1S/C31H35N7O2.C7H15N/c1-20-9-11-21(12-10-20)38-29(17-27(36-38)31(2,3)4)35-30(39)34-25-14-15-26(24-8-6-5-7-23(24)25)40-22-13-16-28(33)37(18-22)19-32;1-7(2)5-4-6-8(7)3/h5-13,16-19,25-26,32-33H,14-15H2,1-4H3,(H2,34,35,39);4-6H2,1-3H3/t25-,26+;/m0./s1. The number of urea groups is 1. The lowest BCUT2D eigenvalue weighted by Crippen LogP contribution is -2.36. The number of fused-ring (bicyclic) bond motifs is 1. The number of benzene rings is 2. The van der Waals surface area contributed by atoms with Gasteiger partial charge >= 0.3 is 6.03 Å². The van der Waals surface area contributed by atoms with Crippen LogP contribution in [0.15, 0.2) is 72.9 Å². The third-order valence-electron chi connectivity index (χ3n) is 9.42. The number of hydrogen-bond donors (Lipinski definition) is 4. The Labute approximate surface area is 284 Å². The van der Waals surface area contributed by atoms with Gasteiger partial charge in [-0.3, -0.25) is 20.7 Å². The van der Waals surface area contributed by atoms with Crippen LogP contribution in [-0.4, -0.2) is 50.7 Å². The molecule has 0 saturated carbocycles. The van der Waals surface area contributed by atoms with Crippen LogP contribution < -0.4 is 20.9 Å². The highest BCUT2D eigenvalue weighted by Crippen LogP contribution is 2.38. The number of ether oxygens (including phenoxy) is 1. The van der Waals surface area contributed by atoms with E-state index < -0.39 is 0 Å². The largest absolute Gasteiger partial charge is 0.484 e. The van der Waals surface area contributed by atoms with Gasteiger partial charge < -0.3 is 15.0 Å². The van der Waals surface area contributed by atoms with Gasteiger partial charge in [-0.05, 0) is 95.4 Å². The number of carbonyl (C=O) groups is 1. The first-order valence-corrected chi connectivity index (χ1v) is 16.7. The Kier molecular flexibility index (Phi) is 10.2. The summed E-state index contributed by atoms with van der Waals surface area (Å²) in [7, 11) is 2.20. The lowest BCUT2D eigenvalue weighted by atomic mass is 9.85. The third-order valence-corrected chi connectivity index (χ3v) is 9.42. The molecule has 1 aliphatic heterocycles. The van der Waals surface area contributed by atoms with E-state index in [4.69, 9.17) is 20.7 Å². The lowest BCUT2D eigenvalue weighted by molar-refractivity contribution is 0.171. The summed E-state index contributed by atoms with van der Waals surface area (Å²) in [6.07, 6.45) is 6.65. The Morgan fingerprint density at radius 3 is 2.35 bits per heavy atom. The minimum atomic E-state index is -0.300. The normalized spacial score (nSPS) is 18.6. The van der Waals surface area contributed by atoms with Crippen molar-refractivity contribution < 1.29 is 9.53 Å². The van der Waals surface area contributed by atoms with Gasteiger partial charge in [0.05, 0.1) is 30.0 Å². The minimum absolute atomic E-state index is 0.181. The molecular weight excluding hydrogens is 600 g/mol. The number of pyridine rings is 1. The van der Waals surface area contributed by atoms with Gasteiger partial charge in [-0.15, -0.1) is 0 Å². The topological polar surface area (TPSA) is 124 Å². The average molecular weight is 651 g/mol. The van der Waals surface area contributed by atoms with E-state index in [1.165, 1.54) is 24.0 Å². The maximum absolute atomic E-state index is 13.3. The monoisotopic (exact) mass is 650 g/mol. The highest BCUT2D eigenvalue weighted by atomic mass is 16.5. The Morgan fingerprint density at radius 2 is 1.75 bits per heavy atom. The van der Waals surface area contributed by atoms with Crippen molar-refractivity contribution >= 4 is 18.2 Å². The number of likely N-dealkylation sites (tertiary alicyclic amines) is 1. The highest BCUT2D eigenvalue weighted by molar-refractivity contribution is 5.89. The first kappa shape index (κ1) is 34.6. The Morgan fingerprint density at radius 1 is 1.04 bits per heavy atom. The first-order chi connectivity index (χ1) is 22.7. The molecule has 254 valence electrons. The molecule has 0 spiro atoms. The molecule has 4 aromatic rings. The van der Waals surface area contributed by atoms with Crippen LogP contribution in [0.3, 0.4) is 0 Å². The van der Waals surface area contributed by atoms with Crippen molar-refractivity contribution in [2.45, 2.75) is 90.3 Å². The molecule has 0 radical (unpaired) electrons. The summed E-state index contributed by atoms with van der Waals surface area (Å²) >= 11 is 0. The van der Waals surface area contributed by atoms with Crippen LogP contribution in [0.2, 0.25) is 0 Å². The summed E-state index contributed by atoms with van der Waals surface area (Å²) in [6, 6.07) is 20.8. The summed E-state index contributed by atoms with van der Waals surface area (Å²) < 4.78 is 9.46. The molecule has 0 unspecified atom stereocenters. The molecule has 2 aromatic heterocycles. The summed E-state index contributed by atoms with van der Waals surface area (Å²) in [5.74, 6) is 1.19. The molecule has 48 heavy (non-hydrogen) atoms. The van der Waals surface area contributed by atoms with E-state index in [1.807, 2.05) is 61.5 Å². The molecule has 2 aliphatic rings. The number of nitrogens with one attached hydrogen (secondary N) is 4. The van der Waals surface area contributed by atoms with Crippen LogP contribution in [0, 0.1) is 17.7 Å². The number of nitrogens with zero attached hydrogens (tertiary/aromatic N) is 4. The lowest BCUT2D eigenvalue weighted by Gasteiger charge is -2.32. The second-order valence-electron chi connectivity index (χ2n) is 14.5. The summed E-state index contributed by atoms with van der Waals surface area (Å²) in [6.45, 7) is 14.2. The van der Waals surface area contributed by atoms with Crippen LogP contribution in [0.1, 0.15) is 94.8 Å². The minimum Gasteiger partial charge on any atom is -0.484 e. The molecule has 6 rings (SSSR count). The molecule has 10 heteroatoms. The molecule has 2 aromatic carbocycles. The van der Waals surface area contributed by atoms with Gasteiger partial charge in [0, 0.05) is 17.0 Å². The molecule has 1 aliphatic carbocycles. The van der Waals surface area contributed by atoms with E-state index in [9.17, 15) is 4.79 Å². The van der Waals surface area contributed by atoms with Crippen molar-refractivity contribution in [3.8, 4) is 11.4 Å². The van der Waals surface area contributed by atoms with Crippen LogP contribution in [0.5, 0.6) is 5.75 Å². The fourth-order valence-corrected chi connectivity index (χ4v) is 6.13. The van der Waals surface area contributed by atoms with Crippen molar-refractivity contribution in [1.82, 2.24) is 24.6 Å². The molecule has 3 heterocycles. The maximum atomic E-state index is 13.3. The molecule has 2 amide bonds. The van der Waals surface area contributed by atoms with Gasteiger partial charge in [0.2, 0.25) is 0 Å². The van der Waals surface area contributed by atoms with Crippen molar-refractivity contribution in [3.63, 3.8) is 0 Å². The van der Waals surface area contributed by atoms with E-state index in [-0.39, 0.29) is 29.1 Å². The number of aromatic nitrogens is 3. The Hall–Kier alpha value is -4.70. The molecule has 10 nitrogen and oxygen atoms in total. The zero-order valence-electron chi connectivity index (χ0n) is 29.3. The van der Waals surface area contributed by atoms with E-state index >= 15 is 0 Å². The molecule has 4 N–H and O–H groups in total. The predicted octanol–water partition coefficient (Wildman–Crippen LogP) is 7.48. The Balaban J connectivity index is 0.000000494. The van der Waals surface area contributed by atoms with Crippen LogP contribution in [0.4, 0.5) is 10.6 Å². The Bertz CT molecular complexity index is 1800. The number of anilines is 1. The van der Waals surface area contributed by atoms with E-state index in [0.29, 0.717) is 29.9 Å². The predicted molar refractivity (Wildman–Crippen MR) is 191 cm³/mol. The van der Waals surface area contributed by atoms with Crippen molar-refractivity contribution in [3.05, 3.63) is 101 Å². The number of amides is 2. The first-order valence-electron chi connectivity index (χ1n) is 16.7. The second kappa shape index (κ2) is 14.2. The van der Waals surface area contributed by atoms with Gasteiger partial charge in [-0.25, -0.2) is 9.48 Å². The van der Waals surface area contributed by atoms with Crippen molar-refractivity contribution in [1.29, 1.82) is 10.8 Å². The van der Waals surface area contributed by atoms with Crippen LogP contribution in [-0.2, 0) is 5.41 Å². The van der Waals surface area contributed by atoms with Gasteiger partial charge in [0.1, 0.15) is 23.2 Å². The van der Waals surface area contributed by atoms with Gasteiger partial charge in [-0.1, -0.05) is 62.7 Å². The average Bonchev–Trinajstić information content (AvgIpc) is 3.61. The fraction of sp³-hybridized carbons (Fsp3) is 0.421. The molecule has 0 bridgehead atoms. The van der Waals surface area contributed by atoms with Gasteiger partial charge in [-0.2, -0.15) is 5.10 Å². The summed E-state index contributed by atoms with van der Waals surface area (Å²) in [4.78, 5) is 15.7. The summed E-state index contributed by atoms with van der Waals surface area (Å²) in [5.41, 5.74) is 5.44. The summed E-state index contributed by atoms with van der Waals surface area (Å²) in [5, 5.41) is 26.4. The van der Waals surface area contributed by atoms with Gasteiger partial charge in [0.25, 0.3) is 0 Å². The zero-order valence-corrected chi connectivity index (χ0v) is 29.3. The van der Waals surface area contributed by atoms with Crippen molar-refractivity contribution in [2.75, 3.05) is 18.9 Å². The molecule has 1 saturated heterocycles. The smallest absolute Gasteiger partial charge is 0.320 e. The second-order valence-corrected chi connectivity index (χ2v) is 14.5. The molecule has 2 atom stereocenters.